The molecule has 1 aliphatic heterocycles. The number of nitrogens with zero attached hydrogens (tertiary/aromatic N) is 1. The van der Waals surface area contributed by atoms with Gasteiger partial charge in [-0.15, -0.1) is 0 Å². The maximum atomic E-state index is 11.5. The van der Waals surface area contributed by atoms with E-state index in [1.165, 1.54) is 19.3 Å². The molecule has 1 aliphatic carbocycles. The molecule has 1 N–H and O–H groups in total. The van der Waals surface area contributed by atoms with Gasteiger partial charge in [0.2, 0.25) is 0 Å². The van der Waals surface area contributed by atoms with Crippen LogP contribution in [0.4, 0.5) is 0 Å². The van der Waals surface area contributed by atoms with Gasteiger partial charge in [-0.3, -0.25) is 0 Å². The standard InChI is InChI=1S/C12H24N2O2S/c1-13-12-5-3-4-10(12)8-14(2)11-6-7-17(15,16)9-11/h10-13H,3-9H2,1-2H3. The van der Waals surface area contributed by atoms with E-state index in [2.05, 4.69) is 17.3 Å². The first-order valence-electron chi connectivity index (χ1n) is 6.60. The average molecular weight is 260 g/mol. The maximum Gasteiger partial charge on any atom is 0.151 e. The summed E-state index contributed by atoms with van der Waals surface area (Å²) in [4.78, 5) is 2.27. The summed E-state index contributed by atoms with van der Waals surface area (Å²) in [6.45, 7) is 1.03. The van der Waals surface area contributed by atoms with Crippen molar-refractivity contribution in [2.75, 3.05) is 32.1 Å². The van der Waals surface area contributed by atoms with Crippen molar-refractivity contribution in [1.29, 1.82) is 0 Å². The van der Waals surface area contributed by atoms with Gasteiger partial charge in [-0.25, -0.2) is 8.42 Å². The summed E-state index contributed by atoms with van der Waals surface area (Å²) in [7, 11) is 1.36. The lowest BCUT2D eigenvalue weighted by Gasteiger charge is -2.29. The van der Waals surface area contributed by atoms with Crippen molar-refractivity contribution in [2.45, 2.75) is 37.8 Å². The van der Waals surface area contributed by atoms with Crippen molar-refractivity contribution < 1.29 is 8.42 Å². The zero-order valence-electron chi connectivity index (χ0n) is 10.9. The quantitative estimate of drug-likeness (QED) is 0.799. The van der Waals surface area contributed by atoms with E-state index in [0.29, 0.717) is 23.5 Å². The molecule has 0 amide bonds. The van der Waals surface area contributed by atoms with Gasteiger partial charge in [0.1, 0.15) is 0 Å². The third-order valence-electron chi connectivity index (χ3n) is 4.38. The smallest absolute Gasteiger partial charge is 0.151 e. The third kappa shape index (κ3) is 3.20. The van der Waals surface area contributed by atoms with Gasteiger partial charge < -0.3 is 10.2 Å². The normalized spacial score (nSPS) is 36.8. The minimum absolute atomic E-state index is 0.248. The molecule has 1 heterocycles. The zero-order valence-corrected chi connectivity index (χ0v) is 11.7. The SMILES string of the molecule is CNC1CCCC1CN(C)C1CCS(=O)(=O)C1. The lowest BCUT2D eigenvalue weighted by atomic mass is 10.0. The molecular weight excluding hydrogens is 236 g/mol. The molecule has 1 saturated carbocycles. The van der Waals surface area contributed by atoms with E-state index in [4.69, 9.17) is 0 Å². The molecule has 2 fully saturated rings. The van der Waals surface area contributed by atoms with Gasteiger partial charge in [0, 0.05) is 18.6 Å². The second kappa shape index (κ2) is 5.24. The summed E-state index contributed by atoms with van der Waals surface area (Å²) in [5, 5.41) is 3.38. The summed E-state index contributed by atoms with van der Waals surface area (Å²) in [5.74, 6) is 1.43. The Morgan fingerprint density at radius 1 is 1.29 bits per heavy atom. The van der Waals surface area contributed by atoms with Crippen molar-refractivity contribution >= 4 is 9.84 Å². The molecule has 2 aliphatic rings. The number of sulfone groups is 1. The van der Waals surface area contributed by atoms with Gasteiger partial charge in [0.15, 0.2) is 9.84 Å². The molecule has 0 bridgehead atoms. The van der Waals surface area contributed by atoms with Gasteiger partial charge in [0.25, 0.3) is 0 Å². The third-order valence-corrected chi connectivity index (χ3v) is 6.13. The van der Waals surface area contributed by atoms with E-state index in [0.717, 1.165) is 13.0 Å². The second-order valence-electron chi connectivity index (χ2n) is 5.58. The number of nitrogens with one attached hydrogen (secondary N) is 1. The fourth-order valence-corrected chi connectivity index (χ4v) is 5.08. The minimum atomic E-state index is -2.75. The summed E-state index contributed by atoms with van der Waals surface area (Å²) < 4.78 is 22.9. The molecule has 100 valence electrons. The molecule has 17 heavy (non-hydrogen) atoms. The first kappa shape index (κ1) is 13.3. The lowest BCUT2D eigenvalue weighted by Crippen LogP contribution is -2.41. The molecule has 0 aromatic carbocycles. The number of rotatable bonds is 4. The first-order chi connectivity index (χ1) is 8.02. The van der Waals surface area contributed by atoms with Crippen LogP contribution in [0.15, 0.2) is 0 Å². The highest BCUT2D eigenvalue weighted by Gasteiger charge is 2.33. The highest BCUT2D eigenvalue weighted by Crippen LogP contribution is 2.27. The van der Waals surface area contributed by atoms with Gasteiger partial charge in [-0.2, -0.15) is 0 Å². The Kier molecular flexibility index (Phi) is 4.10. The minimum Gasteiger partial charge on any atom is -0.317 e. The Balaban J connectivity index is 1.87. The predicted octanol–water partition coefficient (Wildman–Crippen LogP) is 0.493. The van der Waals surface area contributed by atoms with Crippen molar-refractivity contribution in [2.24, 2.45) is 5.92 Å². The zero-order chi connectivity index (χ0) is 12.5. The Morgan fingerprint density at radius 2 is 2.06 bits per heavy atom. The number of hydrogen-bond acceptors (Lipinski definition) is 4. The summed E-state index contributed by atoms with van der Waals surface area (Å²) in [5.41, 5.74) is 0. The van der Waals surface area contributed by atoms with E-state index in [-0.39, 0.29) is 6.04 Å². The molecule has 0 aromatic heterocycles. The van der Waals surface area contributed by atoms with Crippen LogP contribution in [0.5, 0.6) is 0 Å². The van der Waals surface area contributed by atoms with Crippen molar-refractivity contribution in [3.8, 4) is 0 Å². The highest BCUT2D eigenvalue weighted by atomic mass is 32.2. The van der Waals surface area contributed by atoms with Gasteiger partial charge in [0.05, 0.1) is 11.5 Å². The Hall–Kier alpha value is -0.130. The van der Waals surface area contributed by atoms with Crippen LogP contribution in [0.25, 0.3) is 0 Å². The Bertz CT molecular complexity index is 356. The van der Waals surface area contributed by atoms with Crippen LogP contribution >= 0.6 is 0 Å². The van der Waals surface area contributed by atoms with Crippen molar-refractivity contribution in [1.82, 2.24) is 10.2 Å². The molecule has 0 radical (unpaired) electrons. The van der Waals surface area contributed by atoms with E-state index in [9.17, 15) is 8.42 Å². The fraction of sp³-hybridized carbons (Fsp3) is 1.00. The molecule has 0 aromatic rings. The molecule has 0 spiro atoms. The van der Waals surface area contributed by atoms with Gasteiger partial charge in [-0.1, -0.05) is 6.42 Å². The van der Waals surface area contributed by atoms with Crippen molar-refractivity contribution in [3.05, 3.63) is 0 Å². The van der Waals surface area contributed by atoms with E-state index >= 15 is 0 Å². The highest BCUT2D eigenvalue weighted by molar-refractivity contribution is 7.91. The largest absolute Gasteiger partial charge is 0.317 e. The topological polar surface area (TPSA) is 49.4 Å². The first-order valence-corrected chi connectivity index (χ1v) is 8.42. The van der Waals surface area contributed by atoms with Crippen molar-refractivity contribution in [3.63, 3.8) is 0 Å². The van der Waals surface area contributed by atoms with Crippen LogP contribution < -0.4 is 5.32 Å². The molecular formula is C12H24N2O2S. The summed E-state index contributed by atoms with van der Waals surface area (Å²) >= 11 is 0. The maximum absolute atomic E-state index is 11.5. The van der Waals surface area contributed by atoms with Crippen LogP contribution in [-0.4, -0.2) is 57.5 Å². The Morgan fingerprint density at radius 3 is 2.65 bits per heavy atom. The summed E-state index contributed by atoms with van der Waals surface area (Å²) in [6.07, 6.45) is 4.65. The molecule has 5 heteroatoms. The monoisotopic (exact) mass is 260 g/mol. The van der Waals surface area contributed by atoms with Crippen LogP contribution in [0.3, 0.4) is 0 Å². The van der Waals surface area contributed by atoms with Crippen LogP contribution in [0.2, 0.25) is 0 Å². The lowest BCUT2D eigenvalue weighted by molar-refractivity contribution is 0.208. The van der Waals surface area contributed by atoms with Crippen LogP contribution in [0, 0.1) is 5.92 Å². The van der Waals surface area contributed by atoms with Gasteiger partial charge in [-0.05, 0) is 39.3 Å². The number of hydrogen-bond donors (Lipinski definition) is 1. The molecule has 3 atom stereocenters. The molecule has 4 nitrogen and oxygen atoms in total. The van der Waals surface area contributed by atoms with Crippen LogP contribution in [0.1, 0.15) is 25.7 Å². The average Bonchev–Trinajstić information content (AvgIpc) is 2.84. The van der Waals surface area contributed by atoms with E-state index in [1.54, 1.807) is 0 Å². The second-order valence-corrected chi connectivity index (χ2v) is 7.81. The Labute approximate surface area is 105 Å². The van der Waals surface area contributed by atoms with E-state index < -0.39 is 9.84 Å². The predicted molar refractivity (Wildman–Crippen MR) is 69.9 cm³/mol. The van der Waals surface area contributed by atoms with Gasteiger partial charge >= 0.3 is 0 Å². The molecule has 3 unspecified atom stereocenters. The fourth-order valence-electron chi connectivity index (χ4n) is 3.28. The van der Waals surface area contributed by atoms with E-state index in [1.807, 2.05) is 7.05 Å². The van der Waals surface area contributed by atoms with Crippen LogP contribution in [-0.2, 0) is 9.84 Å². The summed E-state index contributed by atoms with van der Waals surface area (Å²) in [6, 6.07) is 0.869. The molecule has 1 saturated heterocycles. The molecule has 2 rings (SSSR count).